The summed E-state index contributed by atoms with van der Waals surface area (Å²) in [4.78, 5) is 10.0. The summed E-state index contributed by atoms with van der Waals surface area (Å²) in [6.07, 6.45) is 6.66. The lowest BCUT2D eigenvalue weighted by molar-refractivity contribution is -0.107. The van der Waals surface area contributed by atoms with Crippen LogP contribution >= 0.6 is 0 Å². The van der Waals surface area contributed by atoms with Gasteiger partial charge in [-0.15, -0.1) is 0 Å². The molecule has 1 unspecified atom stereocenters. The van der Waals surface area contributed by atoms with Crippen molar-refractivity contribution in [2.24, 2.45) is 11.8 Å². The second-order valence-corrected chi connectivity index (χ2v) is 4.19. The highest BCUT2D eigenvalue weighted by Gasteiger charge is 2.03. The van der Waals surface area contributed by atoms with Crippen LogP contribution in [-0.2, 0) is 4.79 Å². The third-order valence-corrected chi connectivity index (χ3v) is 2.14. The SMILES string of the molecule is CC(C)CC(C)CCCCC=O. The largest absolute Gasteiger partial charge is 0.303 e. The highest BCUT2D eigenvalue weighted by molar-refractivity contribution is 5.48. The van der Waals surface area contributed by atoms with Gasteiger partial charge in [0.1, 0.15) is 6.29 Å². The third-order valence-electron chi connectivity index (χ3n) is 2.14. The zero-order chi connectivity index (χ0) is 9.40. The van der Waals surface area contributed by atoms with Gasteiger partial charge in [-0.1, -0.05) is 33.6 Å². The Kier molecular flexibility index (Phi) is 7.12. The molecule has 1 nitrogen and oxygen atoms in total. The summed E-state index contributed by atoms with van der Waals surface area (Å²) in [6.45, 7) is 6.84. The van der Waals surface area contributed by atoms with Gasteiger partial charge in [0.05, 0.1) is 0 Å². The minimum Gasteiger partial charge on any atom is -0.303 e. The van der Waals surface area contributed by atoms with E-state index < -0.39 is 0 Å². The summed E-state index contributed by atoms with van der Waals surface area (Å²) >= 11 is 0. The average molecular weight is 170 g/mol. The molecule has 1 heteroatoms. The van der Waals surface area contributed by atoms with Gasteiger partial charge < -0.3 is 4.79 Å². The number of unbranched alkanes of at least 4 members (excludes halogenated alkanes) is 2. The molecule has 0 aliphatic heterocycles. The Labute approximate surface area is 76.6 Å². The summed E-state index contributed by atoms with van der Waals surface area (Å²) in [6, 6.07) is 0. The molecular formula is C11H22O. The van der Waals surface area contributed by atoms with Crippen molar-refractivity contribution in [3.05, 3.63) is 0 Å². The molecule has 0 aromatic heterocycles. The first kappa shape index (κ1) is 11.7. The van der Waals surface area contributed by atoms with Crippen LogP contribution in [0.1, 0.15) is 52.9 Å². The quantitative estimate of drug-likeness (QED) is 0.422. The fraction of sp³-hybridized carbons (Fsp3) is 0.909. The molecule has 0 N–H and O–H groups in total. The van der Waals surface area contributed by atoms with Crippen LogP contribution in [-0.4, -0.2) is 6.29 Å². The fourth-order valence-electron chi connectivity index (χ4n) is 1.64. The Hall–Kier alpha value is -0.330. The van der Waals surface area contributed by atoms with Crippen molar-refractivity contribution in [2.45, 2.75) is 52.9 Å². The van der Waals surface area contributed by atoms with Gasteiger partial charge in [0.2, 0.25) is 0 Å². The molecule has 72 valence electrons. The number of carbonyl (C=O) groups excluding carboxylic acids is 1. The first-order valence-electron chi connectivity index (χ1n) is 5.10. The van der Waals surface area contributed by atoms with Crippen LogP contribution in [0.25, 0.3) is 0 Å². The Bertz CT molecular complexity index is 108. The van der Waals surface area contributed by atoms with E-state index in [0.717, 1.165) is 31.0 Å². The molecule has 0 rings (SSSR count). The first-order chi connectivity index (χ1) is 5.66. The third kappa shape index (κ3) is 7.77. The van der Waals surface area contributed by atoms with Crippen LogP contribution in [0.4, 0.5) is 0 Å². The van der Waals surface area contributed by atoms with Crippen LogP contribution < -0.4 is 0 Å². The van der Waals surface area contributed by atoms with Gasteiger partial charge in [0.15, 0.2) is 0 Å². The lowest BCUT2D eigenvalue weighted by Gasteiger charge is -2.12. The molecule has 0 aliphatic carbocycles. The molecule has 0 heterocycles. The minimum atomic E-state index is 0.744. The van der Waals surface area contributed by atoms with Gasteiger partial charge in [0, 0.05) is 6.42 Å². The predicted molar refractivity (Wildman–Crippen MR) is 53.2 cm³/mol. The zero-order valence-electron chi connectivity index (χ0n) is 8.68. The molecule has 0 aliphatic rings. The lowest BCUT2D eigenvalue weighted by Crippen LogP contribution is -1.99. The molecule has 0 spiro atoms. The van der Waals surface area contributed by atoms with E-state index in [1.165, 1.54) is 19.3 Å². The second kappa shape index (κ2) is 7.33. The minimum absolute atomic E-state index is 0.744. The number of carbonyl (C=O) groups is 1. The van der Waals surface area contributed by atoms with Crippen LogP contribution in [0.5, 0.6) is 0 Å². The number of hydrogen-bond acceptors (Lipinski definition) is 1. The van der Waals surface area contributed by atoms with Crippen molar-refractivity contribution in [3.63, 3.8) is 0 Å². The number of hydrogen-bond donors (Lipinski definition) is 0. The molecule has 0 fully saturated rings. The van der Waals surface area contributed by atoms with E-state index in [1.54, 1.807) is 0 Å². The van der Waals surface area contributed by atoms with Crippen molar-refractivity contribution in [2.75, 3.05) is 0 Å². The van der Waals surface area contributed by atoms with E-state index in [-0.39, 0.29) is 0 Å². The molecule has 0 aromatic carbocycles. The van der Waals surface area contributed by atoms with E-state index in [1.807, 2.05) is 0 Å². The molecule has 0 saturated carbocycles. The van der Waals surface area contributed by atoms with Crippen LogP contribution in [0.15, 0.2) is 0 Å². The van der Waals surface area contributed by atoms with Gasteiger partial charge in [0.25, 0.3) is 0 Å². The molecule has 0 aromatic rings. The molecule has 1 atom stereocenters. The first-order valence-corrected chi connectivity index (χ1v) is 5.10. The Morgan fingerprint density at radius 3 is 2.33 bits per heavy atom. The van der Waals surface area contributed by atoms with Gasteiger partial charge in [-0.3, -0.25) is 0 Å². The molecular weight excluding hydrogens is 148 g/mol. The smallest absolute Gasteiger partial charge is 0.119 e. The van der Waals surface area contributed by atoms with Gasteiger partial charge in [-0.05, 0) is 24.7 Å². The van der Waals surface area contributed by atoms with Gasteiger partial charge in [-0.25, -0.2) is 0 Å². The summed E-state index contributed by atoms with van der Waals surface area (Å²) < 4.78 is 0. The van der Waals surface area contributed by atoms with Crippen molar-refractivity contribution in [1.82, 2.24) is 0 Å². The fourth-order valence-corrected chi connectivity index (χ4v) is 1.64. The Balaban J connectivity index is 3.19. The maximum Gasteiger partial charge on any atom is 0.119 e. The number of rotatable bonds is 7. The lowest BCUT2D eigenvalue weighted by atomic mass is 9.94. The summed E-state index contributed by atoms with van der Waals surface area (Å²) in [5.74, 6) is 1.64. The van der Waals surface area contributed by atoms with Crippen molar-refractivity contribution < 1.29 is 4.79 Å². The average Bonchev–Trinajstić information content (AvgIpc) is 1.97. The van der Waals surface area contributed by atoms with Crippen LogP contribution in [0.3, 0.4) is 0 Å². The molecule has 0 amide bonds. The second-order valence-electron chi connectivity index (χ2n) is 4.19. The summed E-state index contributed by atoms with van der Waals surface area (Å²) in [7, 11) is 0. The Morgan fingerprint density at radius 2 is 1.83 bits per heavy atom. The summed E-state index contributed by atoms with van der Waals surface area (Å²) in [5, 5.41) is 0. The predicted octanol–water partition coefficient (Wildman–Crippen LogP) is 3.43. The van der Waals surface area contributed by atoms with Crippen molar-refractivity contribution in [1.29, 1.82) is 0 Å². The highest BCUT2D eigenvalue weighted by Crippen LogP contribution is 2.17. The molecule has 0 bridgehead atoms. The standard InChI is InChI=1S/C11H22O/c1-10(2)9-11(3)7-5-4-6-8-12/h8,10-11H,4-7,9H2,1-3H3. The number of aldehydes is 1. The molecule has 0 radical (unpaired) electrons. The summed E-state index contributed by atoms with van der Waals surface area (Å²) in [5.41, 5.74) is 0. The zero-order valence-corrected chi connectivity index (χ0v) is 8.68. The molecule has 0 saturated heterocycles. The van der Waals surface area contributed by atoms with Crippen LogP contribution in [0, 0.1) is 11.8 Å². The van der Waals surface area contributed by atoms with Gasteiger partial charge in [-0.2, -0.15) is 0 Å². The normalized spacial score (nSPS) is 13.3. The van der Waals surface area contributed by atoms with Crippen LogP contribution in [0.2, 0.25) is 0 Å². The topological polar surface area (TPSA) is 17.1 Å². The van der Waals surface area contributed by atoms with Gasteiger partial charge >= 0.3 is 0 Å². The maximum absolute atomic E-state index is 10.0. The monoisotopic (exact) mass is 170 g/mol. The van der Waals surface area contributed by atoms with E-state index in [4.69, 9.17) is 0 Å². The maximum atomic E-state index is 10.0. The van der Waals surface area contributed by atoms with E-state index in [9.17, 15) is 4.79 Å². The van der Waals surface area contributed by atoms with E-state index in [0.29, 0.717) is 0 Å². The molecule has 12 heavy (non-hydrogen) atoms. The van der Waals surface area contributed by atoms with Crippen molar-refractivity contribution in [3.8, 4) is 0 Å². The van der Waals surface area contributed by atoms with E-state index >= 15 is 0 Å². The van der Waals surface area contributed by atoms with Crippen molar-refractivity contribution >= 4 is 6.29 Å². The van der Waals surface area contributed by atoms with E-state index in [2.05, 4.69) is 20.8 Å². The highest BCUT2D eigenvalue weighted by atomic mass is 16.1. The Morgan fingerprint density at radius 1 is 1.17 bits per heavy atom.